The van der Waals surface area contributed by atoms with E-state index in [1.165, 1.54) is 12.8 Å². The van der Waals surface area contributed by atoms with Crippen molar-refractivity contribution in [3.05, 3.63) is 0 Å². The summed E-state index contributed by atoms with van der Waals surface area (Å²) in [7, 11) is 0. The van der Waals surface area contributed by atoms with Crippen molar-refractivity contribution >= 4 is 0 Å². The van der Waals surface area contributed by atoms with Gasteiger partial charge in [-0.3, -0.25) is 4.90 Å². The molecule has 1 aliphatic rings. The zero-order valence-electron chi connectivity index (χ0n) is 11.2. The second kappa shape index (κ2) is 5.70. The quantitative estimate of drug-likeness (QED) is 0.736. The summed E-state index contributed by atoms with van der Waals surface area (Å²) in [5, 5.41) is 3.74. The van der Waals surface area contributed by atoms with E-state index in [0.29, 0.717) is 17.5 Å². The van der Waals surface area contributed by atoms with Crippen molar-refractivity contribution in [2.75, 3.05) is 19.6 Å². The third-order valence-electron chi connectivity index (χ3n) is 3.69. The van der Waals surface area contributed by atoms with Crippen LogP contribution in [-0.2, 0) is 0 Å². The summed E-state index contributed by atoms with van der Waals surface area (Å²) in [5.74, 6) is 2.72. The first-order valence-electron chi connectivity index (χ1n) is 6.35. The number of terminal acetylenes is 1. The van der Waals surface area contributed by atoms with Crippen LogP contribution in [-0.4, -0.2) is 36.6 Å². The Morgan fingerprint density at radius 3 is 2.38 bits per heavy atom. The van der Waals surface area contributed by atoms with Gasteiger partial charge in [0.05, 0.1) is 6.54 Å². The minimum absolute atomic E-state index is 0.343. The highest BCUT2D eigenvalue weighted by atomic mass is 15.1. The van der Waals surface area contributed by atoms with Gasteiger partial charge in [0, 0.05) is 25.2 Å². The number of nitrogens with one attached hydrogen (secondary N) is 1. The second-order valence-electron chi connectivity index (χ2n) is 6.01. The zero-order valence-corrected chi connectivity index (χ0v) is 11.2. The lowest BCUT2D eigenvalue weighted by Crippen LogP contribution is -2.49. The van der Waals surface area contributed by atoms with Crippen LogP contribution in [0.15, 0.2) is 0 Å². The van der Waals surface area contributed by atoms with Crippen molar-refractivity contribution in [1.82, 2.24) is 10.2 Å². The molecule has 92 valence electrons. The second-order valence-corrected chi connectivity index (χ2v) is 6.01. The topological polar surface area (TPSA) is 15.3 Å². The minimum Gasteiger partial charge on any atom is -0.311 e. The molecule has 0 bridgehead atoms. The summed E-state index contributed by atoms with van der Waals surface area (Å²) >= 11 is 0. The highest BCUT2D eigenvalue weighted by molar-refractivity contribution is 4.91. The van der Waals surface area contributed by atoms with Crippen molar-refractivity contribution in [3.8, 4) is 12.3 Å². The van der Waals surface area contributed by atoms with Crippen LogP contribution in [0.4, 0.5) is 0 Å². The highest BCUT2D eigenvalue weighted by Crippen LogP contribution is 2.21. The Kier molecular flexibility index (Phi) is 4.83. The average Bonchev–Trinajstić information content (AvgIpc) is 2.20. The van der Waals surface area contributed by atoms with Crippen LogP contribution in [0.5, 0.6) is 0 Å². The van der Waals surface area contributed by atoms with Crippen molar-refractivity contribution in [2.24, 2.45) is 5.41 Å². The van der Waals surface area contributed by atoms with Gasteiger partial charge < -0.3 is 5.32 Å². The first kappa shape index (κ1) is 13.5. The van der Waals surface area contributed by atoms with Gasteiger partial charge >= 0.3 is 0 Å². The van der Waals surface area contributed by atoms with Crippen molar-refractivity contribution in [2.45, 2.75) is 52.6 Å². The number of piperidine rings is 1. The van der Waals surface area contributed by atoms with Gasteiger partial charge in [-0.15, -0.1) is 6.42 Å². The molecule has 2 heteroatoms. The third-order valence-corrected chi connectivity index (χ3v) is 3.69. The summed E-state index contributed by atoms with van der Waals surface area (Å²) in [6.07, 6.45) is 7.77. The average molecular weight is 222 g/mol. The van der Waals surface area contributed by atoms with Crippen molar-refractivity contribution < 1.29 is 0 Å². The molecule has 1 N–H and O–H groups in total. The first-order valence-corrected chi connectivity index (χ1v) is 6.35. The first-order chi connectivity index (χ1) is 7.43. The van der Waals surface area contributed by atoms with E-state index in [9.17, 15) is 0 Å². The summed E-state index contributed by atoms with van der Waals surface area (Å²) in [6, 6.07) is 1.24. The maximum Gasteiger partial charge on any atom is 0.0598 e. The van der Waals surface area contributed by atoms with Gasteiger partial charge in [-0.1, -0.05) is 26.7 Å². The van der Waals surface area contributed by atoms with E-state index in [-0.39, 0.29) is 0 Å². The maximum absolute atomic E-state index is 5.32. The Bertz CT molecular complexity index is 238. The molecule has 0 aromatic carbocycles. The molecule has 0 radical (unpaired) electrons. The maximum atomic E-state index is 5.32. The van der Waals surface area contributed by atoms with E-state index >= 15 is 0 Å². The van der Waals surface area contributed by atoms with Crippen LogP contribution in [0.1, 0.15) is 40.5 Å². The minimum atomic E-state index is 0.343. The fraction of sp³-hybridized carbons (Fsp3) is 0.857. The molecule has 1 fully saturated rings. The predicted octanol–water partition coefficient (Wildman–Crippen LogP) is 2.11. The van der Waals surface area contributed by atoms with E-state index in [2.05, 4.69) is 43.8 Å². The normalized spacial score (nSPS) is 21.7. The number of rotatable bonds is 3. The predicted molar refractivity (Wildman–Crippen MR) is 70.3 cm³/mol. The highest BCUT2D eigenvalue weighted by Gasteiger charge is 2.25. The van der Waals surface area contributed by atoms with E-state index in [0.717, 1.165) is 19.6 Å². The third kappa shape index (κ3) is 4.15. The Labute approximate surface area is 101 Å². The van der Waals surface area contributed by atoms with Crippen molar-refractivity contribution in [1.29, 1.82) is 0 Å². The molecule has 1 rings (SSSR count). The van der Waals surface area contributed by atoms with Gasteiger partial charge in [0.15, 0.2) is 0 Å². The molecule has 0 aliphatic carbocycles. The summed E-state index contributed by atoms with van der Waals surface area (Å²) in [6.45, 7) is 12.2. The lowest BCUT2D eigenvalue weighted by molar-refractivity contribution is 0.184. The molecule has 2 nitrogen and oxygen atoms in total. The summed E-state index contributed by atoms with van der Waals surface area (Å²) in [5.41, 5.74) is 0.343. The number of hydrogen-bond acceptors (Lipinski definition) is 2. The Hall–Kier alpha value is -0.520. The van der Waals surface area contributed by atoms with Gasteiger partial charge in [-0.25, -0.2) is 0 Å². The molecule has 0 spiro atoms. The molecular weight excluding hydrogens is 196 g/mol. The molecule has 16 heavy (non-hydrogen) atoms. The lowest BCUT2D eigenvalue weighted by Gasteiger charge is -2.36. The lowest BCUT2D eigenvalue weighted by atomic mass is 9.87. The molecule has 1 atom stereocenters. The number of likely N-dealkylation sites (tertiary alicyclic amines) is 1. The number of hydrogen-bond donors (Lipinski definition) is 1. The van der Waals surface area contributed by atoms with Crippen LogP contribution in [0, 0.1) is 17.8 Å². The molecule has 0 aromatic heterocycles. The molecule has 1 aliphatic heterocycles. The van der Waals surface area contributed by atoms with Crippen LogP contribution in [0.3, 0.4) is 0 Å². The van der Waals surface area contributed by atoms with E-state index < -0.39 is 0 Å². The fourth-order valence-electron chi connectivity index (χ4n) is 1.99. The Morgan fingerprint density at radius 2 is 1.94 bits per heavy atom. The van der Waals surface area contributed by atoms with E-state index in [4.69, 9.17) is 6.42 Å². The Balaban J connectivity index is 2.30. The monoisotopic (exact) mass is 222 g/mol. The fourth-order valence-corrected chi connectivity index (χ4v) is 1.99. The molecule has 0 saturated carbocycles. The van der Waals surface area contributed by atoms with Crippen LogP contribution in [0.25, 0.3) is 0 Å². The molecule has 1 saturated heterocycles. The molecule has 1 heterocycles. The van der Waals surface area contributed by atoms with Gasteiger partial charge in [-0.2, -0.15) is 0 Å². The van der Waals surface area contributed by atoms with Crippen LogP contribution < -0.4 is 5.32 Å². The van der Waals surface area contributed by atoms with Crippen molar-refractivity contribution in [3.63, 3.8) is 0 Å². The van der Waals surface area contributed by atoms with Crippen LogP contribution in [0.2, 0.25) is 0 Å². The van der Waals surface area contributed by atoms with Gasteiger partial charge in [-0.05, 0) is 25.2 Å². The zero-order chi connectivity index (χ0) is 12.2. The van der Waals surface area contributed by atoms with Gasteiger partial charge in [0.2, 0.25) is 0 Å². The SMILES string of the molecule is C#CCN1CCC(NC(C)C(C)(C)C)CC1. The van der Waals surface area contributed by atoms with Gasteiger partial charge in [0.1, 0.15) is 0 Å². The molecule has 1 unspecified atom stereocenters. The van der Waals surface area contributed by atoms with E-state index in [1.807, 2.05) is 0 Å². The molecule has 0 aromatic rings. The number of nitrogens with zero attached hydrogens (tertiary/aromatic N) is 1. The Morgan fingerprint density at radius 1 is 1.38 bits per heavy atom. The largest absolute Gasteiger partial charge is 0.311 e. The van der Waals surface area contributed by atoms with Crippen LogP contribution >= 0.6 is 0 Å². The summed E-state index contributed by atoms with van der Waals surface area (Å²) < 4.78 is 0. The van der Waals surface area contributed by atoms with E-state index in [1.54, 1.807) is 0 Å². The standard InChI is InChI=1S/C14H26N2/c1-6-9-16-10-7-13(8-11-16)15-12(2)14(3,4)5/h1,12-13,15H,7-11H2,2-5H3. The molecule has 0 amide bonds. The van der Waals surface area contributed by atoms with Gasteiger partial charge in [0.25, 0.3) is 0 Å². The molecular formula is C14H26N2. The smallest absolute Gasteiger partial charge is 0.0598 e. The summed E-state index contributed by atoms with van der Waals surface area (Å²) in [4.78, 5) is 2.36.